The number of ketones is 1. The van der Waals surface area contributed by atoms with Crippen molar-refractivity contribution in [3.8, 4) is 0 Å². The first kappa shape index (κ1) is 18.4. The summed E-state index contributed by atoms with van der Waals surface area (Å²) in [7, 11) is 0. The second kappa shape index (κ2) is 9.28. The highest BCUT2D eigenvalue weighted by Crippen LogP contribution is 2.23. The predicted octanol–water partition coefficient (Wildman–Crippen LogP) is 4.08. The summed E-state index contributed by atoms with van der Waals surface area (Å²) in [6.45, 7) is 2.07. The number of carbonyl (C=O) groups excluding carboxylic acids is 1. The van der Waals surface area contributed by atoms with E-state index >= 15 is 0 Å². The van der Waals surface area contributed by atoms with E-state index in [0.717, 1.165) is 25.7 Å². The second-order valence-corrected chi connectivity index (χ2v) is 4.71. The molecule has 0 radical (unpaired) electrons. The SMILES string of the molecule is CCCCC(CC)CC(=O)COCC(F)(F)C(F)F. The van der Waals surface area contributed by atoms with Crippen LogP contribution in [-0.4, -0.2) is 31.3 Å². The molecule has 0 heterocycles. The van der Waals surface area contributed by atoms with E-state index in [1.807, 2.05) is 13.8 Å². The summed E-state index contributed by atoms with van der Waals surface area (Å²) in [6, 6.07) is 0. The predicted molar refractivity (Wildman–Crippen MR) is 64.7 cm³/mol. The summed E-state index contributed by atoms with van der Waals surface area (Å²) >= 11 is 0. The molecule has 0 aliphatic rings. The molecule has 1 unspecified atom stereocenters. The van der Waals surface area contributed by atoms with E-state index in [9.17, 15) is 22.4 Å². The molecule has 0 fully saturated rings. The fourth-order valence-electron chi connectivity index (χ4n) is 1.69. The molecule has 0 saturated heterocycles. The van der Waals surface area contributed by atoms with Crippen LogP contribution in [-0.2, 0) is 9.53 Å². The summed E-state index contributed by atoms with van der Waals surface area (Å²) in [5.41, 5.74) is 0. The number of hydrogen-bond acceptors (Lipinski definition) is 2. The molecule has 1 atom stereocenters. The summed E-state index contributed by atoms with van der Waals surface area (Å²) in [5, 5.41) is 0. The molecule has 0 amide bonds. The van der Waals surface area contributed by atoms with Crippen LogP contribution >= 0.6 is 0 Å². The lowest BCUT2D eigenvalue weighted by molar-refractivity contribution is -0.168. The molecular formula is C13H22F4O2. The Kier molecular flexibility index (Phi) is 8.97. The Balaban J connectivity index is 3.91. The Morgan fingerprint density at radius 2 is 1.89 bits per heavy atom. The maximum atomic E-state index is 12.5. The number of halogens is 4. The lowest BCUT2D eigenvalue weighted by atomic mass is 9.94. The highest BCUT2D eigenvalue weighted by atomic mass is 19.3. The molecule has 0 N–H and O–H groups in total. The average molecular weight is 286 g/mol. The molecule has 0 spiro atoms. The molecule has 0 aliphatic heterocycles. The van der Waals surface area contributed by atoms with Crippen LogP contribution in [0.2, 0.25) is 0 Å². The number of carbonyl (C=O) groups is 1. The third kappa shape index (κ3) is 8.18. The first-order valence-electron chi connectivity index (χ1n) is 6.58. The monoisotopic (exact) mass is 286 g/mol. The van der Waals surface area contributed by atoms with Crippen LogP contribution in [0, 0.1) is 5.92 Å². The van der Waals surface area contributed by atoms with Gasteiger partial charge in [0, 0.05) is 6.42 Å². The molecule has 0 aromatic carbocycles. The van der Waals surface area contributed by atoms with Gasteiger partial charge in [-0.2, -0.15) is 8.78 Å². The van der Waals surface area contributed by atoms with Gasteiger partial charge in [0.25, 0.3) is 0 Å². The van der Waals surface area contributed by atoms with Crippen LogP contribution in [0.15, 0.2) is 0 Å². The minimum absolute atomic E-state index is 0.214. The number of unbranched alkanes of at least 4 members (excludes halogenated alkanes) is 1. The average Bonchev–Trinajstić information content (AvgIpc) is 2.33. The van der Waals surface area contributed by atoms with Crippen molar-refractivity contribution in [1.82, 2.24) is 0 Å². The third-order valence-electron chi connectivity index (χ3n) is 2.94. The van der Waals surface area contributed by atoms with E-state index < -0.39 is 25.6 Å². The van der Waals surface area contributed by atoms with Crippen molar-refractivity contribution in [2.24, 2.45) is 5.92 Å². The van der Waals surface area contributed by atoms with Crippen molar-refractivity contribution in [3.05, 3.63) is 0 Å². The van der Waals surface area contributed by atoms with Crippen molar-refractivity contribution < 1.29 is 27.1 Å². The van der Waals surface area contributed by atoms with Gasteiger partial charge < -0.3 is 4.74 Å². The molecule has 0 bridgehead atoms. The molecule has 2 nitrogen and oxygen atoms in total. The van der Waals surface area contributed by atoms with Crippen LogP contribution < -0.4 is 0 Å². The van der Waals surface area contributed by atoms with Crippen LogP contribution in [0.25, 0.3) is 0 Å². The molecule has 114 valence electrons. The quantitative estimate of drug-likeness (QED) is 0.535. The van der Waals surface area contributed by atoms with Crippen molar-refractivity contribution in [1.29, 1.82) is 0 Å². The van der Waals surface area contributed by atoms with Gasteiger partial charge in [0.15, 0.2) is 5.78 Å². The number of ether oxygens (including phenoxy) is 1. The van der Waals surface area contributed by atoms with Crippen molar-refractivity contribution in [3.63, 3.8) is 0 Å². The first-order valence-corrected chi connectivity index (χ1v) is 6.58. The standard InChI is InChI=1S/C13H22F4O2/c1-3-5-6-10(4-2)7-11(18)8-19-9-13(16,17)12(14)15/h10,12H,3-9H2,1-2H3. The van der Waals surface area contributed by atoms with Gasteiger partial charge in [-0.15, -0.1) is 0 Å². The second-order valence-electron chi connectivity index (χ2n) is 4.71. The van der Waals surface area contributed by atoms with E-state index in [1.54, 1.807) is 0 Å². The molecular weight excluding hydrogens is 264 g/mol. The number of hydrogen-bond donors (Lipinski definition) is 0. The van der Waals surface area contributed by atoms with Crippen molar-refractivity contribution in [2.45, 2.75) is 58.3 Å². The Labute approximate surface area is 111 Å². The van der Waals surface area contributed by atoms with Gasteiger partial charge in [0.2, 0.25) is 0 Å². The van der Waals surface area contributed by atoms with E-state index in [2.05, 4.69) is 4.74 Å². The first-order chi connectivity index (χ1) is 8.83. The zero-order valence-electron chi connectivity index (χ0n) is 11.4. The van der Waals surface area contributed by atoms with Gasteiger partial charge >= 0.3 is 12.3 Å². The Bertz CT molecular complexity index is 257. The molecule has 0 saturated carbocycles. The van der Waals surface area contributed by atoms with Crippen LogP contribution in [0.5, 0.6) is 0 Å². The van der Waals surface area contributed by atoms with E-state index in [-0.39, 0.29) is 18.1 Å². The fourth-order valence-corrected chi connectivity index (χ4v) is 1.69. The third-order valence-corrected chi connectivity index (χ3v) is 2.94. The zero-order chi connectivity index (χ0) is 14.9. The topological polar surface area (TPSA) is 26.3 Å². The lowest BCUT2D eigenvalue weighted by Crippen LogP contribution is -2.33. The Morgan fingerprint density at radius 3 is 2.37 bits per heavy atom. The Morgan fingerprint density at radius 1 is 1.26 bits per heavy atom. The number of rotatable bonds is 11. The normalized spacial score (nSPS) is 13.8. The minimum atomic E-state index is -4.19. The largest absolute Gasteiger partial charge is 0.367 e. The summed E-state index contributed by atoms with van der Waals surface area (Å²) in [5.74, 6) is -4.29. The van der Waals surface area contributed by atoms with E-state index in [0.29, 0.717) is 0 Å². The smallest absolute Gasteiger partial charge is 0.330 e. The zero-order valence-corrected chi connectivity index (χ0v) is 11.4. The van der Waals surface area contributed by atoms with Gasteiger partial charge in [-0.3, -0.25) is 4.79 Å². The molecule has 0 aromatic rings. The van der Waals surface area contributed by atoms with Gasteiger partial charge in [-0.25, -0.2) is 8.78 Å². The molecule has 0 rings (SSSR count). The van der Waals surface area contributed by atoms with Crippen LogP contribution in [0.3, 0.4) is 0 Å². The maximum Gasteiger partial charge on any atom is 0.330 e. The van der Waals surface area contributed by atoms with Crippen LogP contribution in [0.1, 0.15) is 46.0 Å². The Hall–Kier alpha value is -0.650. The highest BCUT2D eigenvalue weighted by molar-refractivity contribution is 5.79. The number of alkyl halides is 4. The van der Waals surface area contributed by atoms with Gasteiger partial charge in [0.05, 0.1) is 0 Å². The van der Waals surface area contributed by atoms with E-state index in [1.165, 1.54) is 0 Å². The summed E-state index contributed by atoms with van der Waals surface area (Å²) in [4.78, 5) is 11.5. The molecule has 19 heavy (non-hydrogen) atoms. The summed E-state index contributed by atoms with van der Waals surface area (Å²) < 4.78 is 53.1. The van der Waals surface area contributed by atoms with Gasteiger partial charge in [0.1, 0.15) is 13.2 Å². The highest BCUT2D eigenvalue weighted by Gasteiger charge is 2.41. The fraction of sp³-hybridized carbons (Fsp3) is 0.923. The minimum Gasteiger partial charge on any atom is -0.367 e. The lowest BCUT2D eigenvalue weighted by Gasteiger charge is -2.16. The molecule has 6 heteroatoms. The van der Waals surface area contributed by atoms with Gasteiger partial charge in [-0.1, -0.05) is 39.5 Å². The van der Waals surface area contributed by atoms with Crippen LogP contribution in [0.4, 0.5) is 17.6 Å². The van der Waals surface area contributed by atoms with Crippen molar-refractivity contribution >= 4 is 5.78 Å². The molecule has 0 aliphatic carbocycles. The number of Topliss-reactive ketones (excluding diaryl/α,β-unsaturated/α-hetero) is 1. The van der Waals surface area contributed by atoms with Crippen molar-refractivity contribution in [2.75, 3.05) is 13.2 Å². The van der Waals surface area contributed by atoms with Gasteiger partial charge in [-0.05, 0) is 5.92 Å². The van der Waals surface area contributed by atoms with E-state index in [4.69, 9.17) is 0 Å². The molecule has 0 aromatic heterocycles. The summed E-state index contributed by atoms with van der Waals surface area (Å²) in [6.07, 6.45) is 0.273. The maximum absolute atomic E-state index is 12.5.